The van der Waals surface area contributed by atoms with E-state index in [2.05, 4.69) is 15.8 Å². The Morgan fingerprint density at radius 2 is 1.80 bits per heavy atom. The highest BCUT2D eigenvalue weighted by molar-refractivity contribution is 6.38. The van der Waals surface area contributed by atoms with E-state index >= 15 is 0 Å². The zero-order valence-corrected chi connectivity index (χ0v) is 13.7. The summed E-state index contributed by atoms with van der Waals surface area (Å²) >= 11 is 0. The maximum atomic E-state index is 11.9. The molecular formula is C16H20N4O5. The fraction of sp³-hybridized carbons (Fsp3) is 0.375. The van der Waals surface area contributed by atoms with Crippen LogP contribution in [0.15, 0.2) is 35.5 Å². The molecule has 1 aromatic rings. The molecule has 0 bridgehead atoms. The van der Waals surface area contributed by atoms with Gasteiger partial charge in [-0.3, -0.25) is 19.2 Å². The lowest BCUT2D eigenvalue weighted by molar-refractivity contribution is -0.139. The van der Waals surface area contributed by atoms with Gasteiger partial charge in [-0.15, -0.1) is 0 Å². The summed E-state index contributed by atoms with van der Waals surface area (Å²) in [5.74, 6) is -3.56. The van der Waals surface area contributed by atoms with Crippen molar-refractivity contribution in [1.29, 1.82) is 0 Å². The van der Waals surface area contributed by atoms with Gasteiger partial charge in [-0.05, 0) is 12.0 Å². The third-order valence-electron chi connectivity index (χ3n) is 3.35. The minimum Gasteiger partial charge on any atom is -0.368 e. The summed E-state index contributed by atoms with van der Waals surface area (Å²) < 4.78 is 0. The summed E-state index contributed by atoms with van der Waals surface area (Å²) in [4.78, 5) is 57.4. The van der Waals surface area contributed by atoms with Crippen LogP contribution >= 0.6 is 0 Å². The van der Waals surface area contributed by atoms with Crippen molar-refractivity contribution in [1.82, 2.24) is 10.6 Å². The van der Waals surface area contributed by atoms with E-state index in [-0.39, 0.29) is 6.42 Å². The zero-order valence-electron chi connectivity index (χ0n) is 13.7. The Bertz CT molecular complexity index is 647. The van der Waals surface area contributed by atoms with E-state index in [0.29, 0.717) is 12.0 Å². The lowest BCUT2D eigenvalue weighted by Crippen LogP contribution is -2.45. The number of rotatable bonds is 10. The van der Waals surface area contributed by atoms with E-state index in [1.807, 2.05) is 0 Å². The number of nitrogens with one attached hydrogen (secondary N) is 2. The van der Waals surface area contributed by atoms with Gasteiger partial charge in [-0.25, -0.2) is 0 Å². The first-order valence-electron chi connectivity index (χ1n) is 7.68. The smallest absolute Gasteiger partial charge is 0.290 e. The molecule has 2 unspecified atom stereocenters. The Hall–Kier alpha value is -3.10. The first kappa shape index (κ1) is 19.9. The minimum absolute atomic E-state index is 0.152. The maximum Gasteiger partial charge on any atom is 0.290 e. The first-order chi connectivity index (χ1) is 11.9. The molecule has 1 rings (SSSR count). The third kappa shape index (κ3) is 6.13. The van der Waals surface area contributed by atoms with Gasteiger partial charge in [0, 0.05) is 0 Å². The molecule has 0 heterocycles. The van der Waals surface area contributed by atoms with Crippen molar-refractivity contribution in [3.63, 3.8) is 0 Å². The van der Waals surface area contributed by atoms with Gasteiger partial charge < -0.3 is 16.4 Å². The number of carbonyl (C=O) groups excluding carboxylic acids is 4. The summed E-state index contributed by atoms with van der Waals surface area (Å²) in [6, 6.07) is 5.99. The number of hydrogen-bond donors (Lipinski definition) is 3. The molecular weight excluding hydrogens is 328 g/mol. The molecule has 9 nitrogen and oxygen atoms in total. The largest absolute Gasteiger partial charge is 0.368 e. The number of benzene rings is 1. The van der Waals surface area contributed by atoms with E-state index in [0.717, 1.165) is 0 Å². The monoisotopic (exact) mass is 348 g/mol. The maximum absolute atomic E-state index is 11.9. The number of nitrogens with zero attached hydrogens (tertiary/aromatic N) is 1. The Morgan fingerprint density at radius 3 is 2.32 bits per heavy atom. The predicted molar refractivity (Wildman–Crippen MR) is 89.0 cm³/mol. The quantitative estimate of drug-likeness (QED) is 0.400. The molecule has 0 saturated carbocycles. The van der Waals surface area contributed by atoms with Crippen LogP contribution in [0.3, 0.4) is 0 Å². The predicted octanol–water partition coefficient (Wildman–Crippen LogP) is -0.0504. The highest BCUT2D eigenvalue weighted by Crippen LogP contribution is 2.11. The van der Waals surface area contributed by atoms with Crippen molar-refractivity contribution in [2.24, 2.45) is 10.9 Å². The van der Waals surface area contributed by atoms with Crippen LogP contribution in [0.25, 0.3) is 0 Å². The van der Waals surface area contributed by atoms with Crippen LogP contribution in [-0.2, 0) is 19.2 Å². The summed E-state index contributed by atoms with van der Waals surface area (Å²) in [7, 11) is 0. The highest BCUT2D eigenvalue weighted by Gasteiger charge is 2.26. The van der Waals surface area contributed by atoms with Gasteiger partial charge in [0.1, 0.15) is 6.04 Å². The number of Topliss-reactive ketones (excluding diaryl/α,β-unsaturated/α-hetero) is 1. The van der Waals surface area contributed by atoms with E-state index in [9.17, 15) is 24.1 Å². The number of amides is 3. The molecule has 0 aliphatic rings. The molecule has 134 valence electrons. The molecule has 9 heteroatoms. The molecule has 0 spiro atoms. The van der Waals surface area contributed by atoms with E-state index in [1.54, 1.807) is 37.3 Å². The number of nitroso groups, excluding NO2 is 1. The number of hydrogen-bond acceptors (Lipinski definition) is 6. The SMILES string of the molecule is CCCC(N=O)C(=O)C(=O)NCC(=O)NC(C(N)=O)c1ccccc1. The van der Waals surface area contributed by atoms with Gasteiger partial charge in [-0.1, -0.05) is 48.9 Å². The second-order valence-electron chi connectivity index (χ2n) is 5.27. The summed E-state index contributed by atoms with van der Waals surface area (Å²) in [6.45, 7) is 1.20. The third-order valence-corrected chi connectivity index (χ3v) is 3.35. The van der Waals surface area contributed by atoms with Gasteiger partial charge in [0.15, 0.2) is 6.04 Å². The summed E-state index contributed by atoms with van der Waals surface area (Å²) in [5.41, 5.74) is 5.76. The van der Waals surface area contributed by atoms with Crippen LogP contribution in [-0.4, -0.2) is 36.1 Å². The lowest BCUT2D eigenvalue weighted by atomic mass is 10.1. The van der Waals surface area contributed by atoms with Crippen LogP contribution in [0.4, 0.5) is 0 Å². The Kier molecular flexibility index (Phi) is 7.91. The molecule has 0 fully saturated rings. The molecule has 0 aliphatic carbocycles. The lowest BCUT2D eigenvalue weighted by Gasteiger charge is -2.16. The van der Waals surface area contributed by atoms with E-state index in [4.69, 9.17) is 5.73 Å². The molecule has 1 aromatic carbocycles. The standard InChI is InChI=1S/C16H20N4O5/c1-2-6-11(20-25)14(22)16(24)18-9-12(21)19-13(15(17)23)10-7-4-3-5-8-10/h3-5,7-8,11,13H,2,6,9H2,1H3,(H2,17,23)(H,18,24)(H,19,21). The molecule has 4 N–H and O–H groups in total. The Labute approximate surface area is 144 Å². The van der Waals surface area contributed by atoms with E-state index in [1.165, 1.54) is 0 Å². The normalized spacial score (nSPS) is 12.5. The molecule has 2 atom stereocenters. The van der Waals surface area contributed by atoms with Crippen LogP contribution in [0.5, 0.6) is 0 Å². The van der Waals surface area contributed by atoms with Gasteiger partial charge in [-0.2, -0.15) is 4.91 Å². The van der Waals surface area contributed by atoms with Crippen molar-refractivity contribution >= 4 is 23.5 Å². The van der Waals surface area contributed by atoms with Gasteiger partial charge in [0.05, 0.1) is 6.54 Å². The minimum atomic E-state index is -1.27. The average molecular weight is 348 g/mol. The molecule has 0 saturated heterocycles. The van der Waals surface area contributed by atoms with Crippen LogP contribution in [0.1, 0.15) is 31.4 Å². The highest BCUT2D eigenvalue weighted by atomic mass is 16.3. The van der Waals surface area contributed by atoms with Crippen molar-refractivity contribution in [3.05, 3.63) is 40.8 Å². The number of ketones is 1. The molecule has 0 radical (unpaired) electrons. The van der Waals surface area contributed by atoms with Crippen molar-refractivity contribution < 1.29 is 19.2 Å². The number of nitrogens with two attached hydrogens (primary N) is 1. The summed E-state index contributed by atoms with van der Waals surface area (Å²) in [5, 5.41) is 7.09. The second kappa shape index (κ2) is 9.91. The Morgan fingerprint density at radius 1 is 1.16 bits per heavy atom. The van der Waals surface area contributed by atoms with E-state index < -0.39 is 42.1 Å². The van der Waals surface area contributed by atoms with Crippen LogP contribution in [0.2, 0.25) is 0 Å². The van der Waals surface area contributed by atoms with Gasteiger partial charge in [0.2, 0.25) is 17.6 Å². The number of carbonyl (C=O) groups is 4. The molecule has 0 aliphatic heterocycles. The van der Waals surface area contributed by atoms with Crippen molar-refractivity contribution in [2.45, 2.75) is 31.8 Å². The van der Waals surface area contributed by atoms with Crippen LogP contribution < -0.4 is 16.4 Å². The first-order valence-corrected chi connectivity index (χ1v) is 7.68. The zero-order chi connectivity index (χ0) is 18.8. The van der Waals surface area contributed by atoms with Crippen molar-refractivity contribution in [3.8, 4) is 0 Å². The van der Waals surface area contributed by atoms with Gasteiger partial charge >= 0.3 is 0 Å². The van der Waals surface area contributed by atoms with Crippen molar-refractivity contribution in [2.75, 3.05) is 6.54 Å². The summed E-state index contributed by atoms with van der Waals surface area (Å²) in [6.07, 6.45) is 0.660. The van der Waals surface area contributed by atoms with Crippen LogP contribution in [0, 0.1) is 4.91 Å². The Balaban J connectivity index is 2.61. The fourth-order valence-electron chi connectivity index (χ4n) is 2.08. The molecule has 25 heavy (non-hydrogen) atoms. The average Bonchev–Trinajstić information content (AvgIpc) is 2.62. The second-order valence-corrected chi connectivity index (χ2v) is 5.27. The molecule has 0 aromatic heterocycles. The fourth-order valence-corrected chi connectivity index (χ4v) is 2.08. The van der Waals surface area contributed by atoms with Gasteiger partial charge in [0.25, 0.3) is 5.91 Å². The number of primary amides is 1. The topological polar surface area (TPSA) is 148 Å². The molecule has 3 amide bonds.